The van der Waals surface area contributed by atoms with Crippen molar-refractivity contribution in [1.82, 2.24) is 5.32 Å². The second-order valence-corrected chi connectivity index (χ2v) is 5.43. The fourth-order valence-corrected chi connectivity index (χ4v) is 2.35. The van der Waals surface area contributed by atoms with Crippen molar-refractivity contribution in [3.8, 4) is 0 Å². The largest absolute Gasteiger partial charge is 0.359 e. The monoisotopic (exact) mass is 265 g/mol. The van der Waals surface area contributed by atoms with Crippen molar-refractivity contribution in [3.63, 3.8) is 0 Å². The molecule has 0 fully saturated rings. The third-order valence-electron chi connectivity index (χ3n) is 3.39. The topological polar surface area (TPSA) is 12.0 Å². The molecule has 1 aliphatic carbocycles. The summed E-state index contributed by atoms with van der Waals surface area (Å²) in [4.78, 5) is 0. The predicted octanol–water partition coefficient (Wildman–Crippen LogP) is 5.06. The van der Waals surface area contributed by atoms with Gasteiger partial charge in [-0.25, -0.2) is 0 Å². The van der Waals surface area contributed by atoms with Crippen molar-refractivity contribution >= 4 is 5.57 Å². The highest BCUT2D eigenvalue weighted by Gasteiger charge is 2.07. The molecule has 0 aliphatic heterocycles. The molecule has 20 heavy (non-hydrogen) atoms. The van der Waals surface area contributed by atoms with Crippen LogP contribution in [-0.4, -0.2) is 0 Å². The van der Waals surface area contributed by atoms with Gasteiger partial charge < -0.3 is 5.32 Å². The van der Waals surface area contributed by atoms with E-state index in [4.69, 9.17) is 0 Å². The maximum absolute atomic E-state index is 4.14. The average Bonchev–Trinajstić information content (AvgIpc) is 2.46. The van der Waals surface area contributed by atoms with Crippen molar-refractivity contribution in [2.45, 2.75) is 26.7 Å². The number of hydrogen-bond donors (Lipinski definition) is 1. The Balaban J connectivity index is 2.15. The predicted molar refractivity (Wildman–Crippen MR) is 88.0 cm³/mol. The van der Waals surface area contributed by atoms with Gasteiger partial charge in [-0.2, -0.15) is 0 Å². The van der Waals surface area contributed by atoms with Gasteiger partial charge in [0.05, 0.1) is 0 Å². The molecule has 0 spiro atoms. The molecular formula is C19H23N. The minimum Gasteiger partial charge on any atom is -0.359 e. The first kappa shape index (κ1) is 14.4. The number of rotatable bonds is 5. The highest BCUT2D eigenvalue weighted by atomic mass is 14.9. The summed E-state index contributed by atoms with van der Waals surface area (Å²) in [6.45, 7) is 8.58. The molecule has 2 rings (SSSR count). The highest BCUT2D eigenvalue weighted by Crippen LogP contribution is 2.24. The first-order valence-corrected chi connectivity index (χ1v) is 7.25. The molecule has 1 N–H and O–H groups in total. The third kappa shape index (κ3) is 3.99. The summed E-state index contributed by atoms with van der Waals surface area (Å²) in [5.74, 6) is 0.469. The summed E-state index contributed by atoms with van der Waals surface area (Å²) in [5, 5.41) is 3.41. The van der Waals surface area contributed by atoms with Gasteiger partial charge in [0.15, 0.2) is 0 Å². The van der Waals surface area contributed by atoms with Crippen LogP contribution in [0.15, 0.2) is 72.6 Å². The molecule has 1 aliphatic rings. The van der Waals surface area contributed by atoms with Crippen LogP contribution in [-0.2, 0) is 0 Å². The summed E-state index contributed by atoms with van der Waals surface area (Å²) in [7, 11) is 0. The van der Waals surface area contributed by atoms with E-state index in [1.54, 1.807) is 0 Å². The number of allylic oxidation sites excluding steroid dienone is 6. The first-order valence-electron chi connectivity index (χ1n) is 7.25. The minimum atomic E-state index is 0.469. The standard InChI is InChI=1S/C19H23N/c1-15(2)19(17-10-6-4-7-11-17)14-16(3)20-18-12-8-5-9-13-18/h4-8,10-12,14-15,20H,3,9,13H2,1-2H3/b19-14+. The van der Waals surface area contributed by atoms with E-state index in [1.165, 1.54) is 16.8 Å². The molecule has 0 unspecified atom stereocenters. The van der Waals surface area contributed by atoms with E-state index in [0.717, 1.165) is 18.5 Å². The summed E-state index contributed by atoms with van der Waals surface area (Å²) < 4.78 is 0. The molecule has 0 atom stereocenters. The van der Waals surface area contributed by atoms with Crippen LogP contribution >= 0.6 is 0 Å². The fraction of sp³-hybridized carbons (Fsp3) is 0.263. The van der Waals surface area contributed by atoms with E-state index >= 15 is 0 Å². The van der Waals surface area contributed by atoms with Gasteiger partial charge >= 0.3 is 0 Å². The van der Waals surface area contributed by atoms with Crippen molar-refractivity contribution in [2.75, 3.05) is 0 Å². The van der Waals surface area contributed by atoms with Gasteiger partial charge in [-0.3, -0.25) is 0 Å². The van der Waals surface area contributed by atoms with Crippen LogP contribution in [0.1, 0.15) is 32.3 Å². The molecule has 0 aromatic heterocycles. The minimum absolute atomic E-state index is 0.469. The maximum Gasteiger partial charge on any atom is 0.0311 e. The number of benzene rings is 1. The molecular weight excluding hydrogens is 242 g/mol. The second-order valence-electron chi connectivity index (χ2n) is 5.43. The van der Waals surface area contributed by atoms with Crippen LogP contribution in [0.4, 0.5) is 0 Å². The molecule has 0 saturated carbocycles. The zero-order valence-corrected chi connectivity index (χ0v) is 12.4. The van der Waals surface area contributed by atoms with Gasteiger partial charge in [-0.1, -0.05) is 62.9 Å². The zero-order valence-electron chi connectivity index (χ0n) is 12.4. The van der Waals surface area contributed by atoms with Crippen LogP contribution < -0.4 is 5.32 Å². The lowest BCUT2D eigenvalue weighted by Crippen LogP contribution is -2.12. The van der Waals surface area contributed by atoms with Crippen LogP contribution in [0.2, 0.25) is 0 Å². The van der Waals surface area contributed by atoms with Crippen molar-refractivity contribution < 1.29 is 0 Å². The molecule has 1 heteroatoms. The average molecular weight is 265 g/mol. The van der Waals surface area contributed by atoms with E-state index in [2.05, 4.69) is 74.3 Å². The molecule has 0 saturated heterocycles. The quantitative estimate of drug-likeness (QED) is 0.733. The Morgan fingerprint density at radius 3 is 2.60 bits per heavy atom. The summed E-state index contributed by atoms with van der Waals surface area (Å²) in [6, 6.07) is 10.5. The SMILES string of the molecule is C=C(/C=C(/c1ccccc1)C(C)C)NC1=CC=CCC1. The van der Waals surface area contributed by atoms with Gasteiger partial charge in [-0.15, -0.1) is 0 Å². The van der Waals surface area contributed by atoms with E-state index in [1.807, 2.05) is 6.07 Å². The summed E-state index contributed by atoms with van der Waals surface area (Å²) in [6.07, 6.45) is 10.7. The smallest absolute Gasteiger partial charge is 0.0311 e. The molecule has 0 amide bonds. The maximum atomic E-state index is 4.14. The molecule has 1 aromatic rings. The highest BCUT2D eigenvalue weighted by molar-refractivity contribution is 5.69. The van der Waals surface area contributed by atoms with Gasteiger partial charge in [-0.05, 0) is 42.0 Å². The van der Waals surface area contributed by atoms with E-state index in [9.17, 15) is 0 Å². The number of nitrogens with one attached hydrogen (secondary N) is 1. The van der Waals surface area contributed by atoms with Gasteiger partial charge in [0.25, 0.3) is 0 Å². The Hall–Kier alpha value is -2.02. The lowest BCUT2D eigenvalue weighted by molar-refractivity contribution is 0.837. The molecule has 0 radical (unpaired) electrons. The van der Waals surface area contributed by atoms with Crippen LogP contribution in [0.25, 0.3) is 5.57 Å². The molecule has 0 heterocycles. The molecule has 1 nitrogen and oxygen atoms in total. The Bertz CT molecular complexity index is 544. The van der Waals surface area contributed by atoms with Crippen molar-refractivity contribution in [1.29, 1.82) is 0 Å². The Morgan fingerprint density at radius 1 is 1.25 bits per heavy atom. The van der Waals surface area contributed by atoms with E-state index in [-0.39, 0.29) is 0 Å². The molecule has 0 bridgehead atoms. The molecule has 1 aromatic carbocycles. The summed E-state index contributed by atoms with van der Waals surface area (Å²) in [5.41, 5.74) is 4.78. The summed E-state index contributed by atoms with van der Waals surface area (Å²) >= 11 is 0. The Morgan fingerprint density at radius 2 is 2.00 bits per heavy atom. The Labute approximate surface area is 122 Å². The van der Waals surface area contributed by atoms with Crippen molar-refractivity contribution in [3.05, 3.63) is 78.2 Å². The van der Waals surface area contributed by atoms with Gasteiger partial charge in [0, 0.05) is 11.4 Å². The zero-order chi connectivity index (χ0) is 14.4. The Kier molecular flexibility index (Phi) is 5.00. The third-order valence-corrected chi connectivity index (χ3v) is 3.39. The first-order chi connectivity index (χ1) is 9.66. The van der Waals surface area contributed by atoms with E-state index in [0.29, 0.717) is 5.92 Å². The van der Waals surface area contributed by atoms with Gasteiger partial charge in [0.1, 0.15) is 0 Å². The second kappa shape index (κ2) is 6.95. The molecule has 104 valence electrons. The lowest BCUT2D eigenvalue weighted by Gasteiger charge is -2.16. The van der Waals surface area contributed by atoms with Crippen LogP contribution in [0, 0.1) is 5.92 Å². The number of hydrogen-bond acceptors (Lipinski definition) is 1. The lowest BCUT2D eigenvalue weighted by atomic mass is 9.94. The van der Waals surface area contributed by atoms with Crippen LogP contribution in [0.3, 0.4) is 0 Å². The van der Waals surface area contributed by atoms with Crippen LogP contribution in [0.5, 0.6) is 0 Å². The normalized spacial score (nSPS) is 15.2. The fourth-order valence-electron chi connectivity index (χ4n) is 2.35. The van der Waals surface area contributed by atoms with Gasteiger partial charge in [0.2, 0.25) is 0 Å². The van der Waals surface area contributed by atoms with E-state index < -0.39 is 0 Å². The van der Waals surface area contributed by atoms with Crippen molar-refractivity contribution in [2.24, 2.45) is 5.92 Å².